The summed E-state index contributed by atoms with van der Waals surface area (Å²) < 4.78 is 40.0. The Bertz CT molecular complexity index is 1840. The minimum Gasteiger partial charge on any atom is -0.464 e. The third kappa shape index (κ3) is 10.4. The summed E-state index contributed by atoms with van der Waals surface area (Å²) >= 11 is 0. The molecule has 12 heteroatoms. The van der Waals surface area contributed by atoms with Crippen LogP contribution in [-0.2, 0) is 32.7 Å². The fraction of sp³-hybridized carbons (Fsp3) is 0.371. The molecule has 252 valence electrons. The molecule has 2 heterocycles. The number of esters is 2. The van der Waals surface area contributed by atoms with E-state index in [0.717, 1.165) is 28.6 Å². The van der Waals surface area contributed by atoms with Crippen molar-refractivity contribution in [2.45, 2.75) is 61.6 Å². The van der Waals surface area contributed by atoms with E-state index >= 15 is 0 Å². The van der Waals surface area contributed by atoms with E-state index in [1.165, 1.54) is 41.7 Å². The summed E-state index contributed by atoms with van der Waals surface area (Å²) in [5.74, 6) is -1.16. The molecule has 11 nitrogen and oxygen atoms in total. The molecule has 0 saturated heterocycles. The zero-order valence-electron chi connectivity index (χ0n) is 28.7. The first-order chi connectivity index (χ1) is 21.9. The summed E-state index contributed by atoms with van der Waals surface area (Å²) in [5, 5.41) is 8.65. The maximum Gasteiger partial charge on any atom is 0.356 e. The van der Waals surface area contributed by atoms with E-state index in [2.05, 4.69) is 63.0 Å². The van der Waals surface area contributed by atoms with Crippen molar-refractivity contribution in [2.24, 2.45) is 5.41 Å². The van der Waals surface area contributed by atoms with E-state index in [9.17, 15) is 18.0 Å². The van der Waals surface area contributed by atoms with Crippen LogP contribution in [0.4, 0.5) is 0 Å². The molecule has 0 radical (unpaired) electrons. The smallest absolute Gasteiger partial charge is 0.356 e. The van der Waals surface area contributed by atoms with Gasteiger partial charge in [0.1, 0.15) is 5.69 Å². The van der Waals surface area contributed by atoms with Gasteiger partial charge in [0.05, 0.1) is 39.3 Å². The first-order valence-electron chi connectivity index (χ1n) is 14.9. The maximum atomic E-state index is 12.1. The van der Waals surface area contributed by atoms with Gasteiger partial charge in [0.15, 0.2) is 5.69 Å². The second-order valence-corrected chi connectivity index (χ2v) is 13.9. The zero-order chi connectivity index (χ0) is 35.1. The van der Waals surface area contributed by atoms with Crippen LogP contribution in [-0.4, -0.2) is 60.4 Å². The Labute approximate surface area is 277 Å². The molecule has 0 fully saturated rings. The SMILES string of the molecule is COC(=O)c1cc(/C=C/C(C)(C)C)nn1Cc1c(C)cccc1C.COC(=O)c1cc(OS(C)(=O)=O)nn1Cc1c(C)cccc1C. The van der Waals surface area contributed by atoms with Gasteiger partial charge < -0.3 is 13.7 Å². The lowest BCUT2D eigenvalue weighted by Gasteiger charge is -2.11. The van der Waals surface area contributed by atoms with Gasteiger partial charge >= 0.3 is 22.1 Å². The van der Waals surface area contributed by atoms with E-state index in [1.807, 2.05) is 44.2 Å². The molecule has 2 aromatic heterocycles. The molecule has 0 N–H and O–H groups in total. The Kier molecular flexibility index (Phi) is 11.9. The van der Waals surface area contributed by atoms with Crippen LogP contribution >= 0.6 is 0 Å². The monoisotopic (exact) mass is 664 g/mol. The number of ether oxygens (including phenoxy) is 2. The Hall–Kier alpha value is -4.71. The van der Waals surface area contributed by atoms with Crippen molar-refractivity contribution in [3.05, 3.63) is 105 Å². The highest BCUT2D eigenvalue weighted by atomic mass is 32.2. The molecule has 0 atom stereocenters. The molecule has 4 rings (SSSR count). The lowest BCUT2D eigenvalue weighted by atomic mass is 9.96. The van der Waals surface area contributed by atoms with E-state index in [4.69, 9.17) is 13.7 Å². The topological polar surface area (TPSA) is 132 Å². The fourth-order valence-electron chi connectivity index (χ4n) is 4.72. The number of carbonyl (C=O) groups excluding carboxylic acids is 2. The minimum atomic E-state index is -3.73. The molecule has 0 saturated carbocycles. The average Bonchev–Trinajstić information content (AvgIpc) is 3.57. The summed E-state index contributed by atoms with van der Waals surface area (Å²) in [4.78, 5) is 24.0. The zero-order valence-corrected chi connectivity index (χ0v) is 29.6. The molecule has 4 aromatic rings. The normalized spacial score (nSPS) is 11.6. The number of hydrogen-bond acceptors (Lipinski definition) is 9. The van der Waals surface area contributed by atoms with Crippen LogP contribution in [0.5, 0.6) is 5.88 Å². The Morgan fingerprint density at radius 1 is 0.766 bits per heavy atom. The lowest BCUT2D eigenvalue weighted by molar-refractivity contribution is 0.0578. The van der Waals surface area contributed by atoms with E-state index in [1.54, 1.807) is 10.7 Å². The van der Waals surface area contributed by atoms with Gasteiger partial charge in [0, 0.05) is 6.07 Å². The van der Waals surface area contributed by atoms with Gasteiger partial charge in [-0.1, -0.05) is 63.2 Å². The van der Waals surface area contributed by atoms with Gasteiger partial charge in [-0.2, -0.15) is 13.5 Å². The third-order valence-electron chi connectivity index (χ3n) is 7.24. The number of methoxy groups -OCH3 is 2. The average molecular weight is 665 g/mol. The second-order valence-electron chi connectivity index (χ2n) is 12.3. The van der Waals surface area contributed by atoms with Gasteiger partial charge in [0.2, 0.25) is 0 Å². The summed E-state index contributed by atoms with van der Waals surface area (Å²) in [6, 6.07) is 15.1. The van der Waals surface area contributed by atoms with Gasteiger partial charge in [-0.25, -0.2) is 14.3 Å². The highest BCUT2D eigenvalue weighted by Gasteiger charge is 2.20. The Morgan fingerprint density at radius 3 is 1.60 bits per heavy atom. The van der Waals surface area contributed by atoms with Crippen LogP contribution in [0.1, 0.15) is 80.8 Å². The van der Waals surface area contributed by atoms with Crippen LogP contribution in [0.2, 0.25) is 0 Å². The van der Waals surface area contributed by atoms with E-state index < -0.39 is 16.1 Å². The number of benzene rings is 2. The van der Waals surface area contributed by atoms with Crippen molar-refractivity contribution >= 4 is 28.1 Å². The molecule has 0 aliphatic heterocycles. The quantitative estimate of drug-likeness (QED) is 0.155. The summed E-state index contributed by atoms with van der Waals surface area (Å²) in [6.07, 6.45) is 4.95. The molecule has 47 heavy (non-hydrogen) atoms. The van der Waals surface area contributed by atoms with Gasteiger partial charge in [-0.05, 0) is 78.6 Å². The molecule has 0 bridgehead atoms. The number of carbonyl (C=O) groups is 2. The van der Waals surface area contributed by atoms with Crippen LogP contribution in [0.3, 0.4) is 0 Å². The second kappa shape index (κ2) is 15.3. The Balaban J connectivity index is 0.000000256. The van der Waals surface area contributed by atoms with E-state index in [-0.39, 0.29) is 23.0 Å². The maximum absolute atomic E-state index is 12.1. The van der Waals surface area contributed by atoms with Gasteiger partial charge in [-0.3, -0.25) is 4.68 Å². The fourth-order valence-corrected chi connectivity index (χ4v) is 5.11. The summed E-state index contributed by atoms with van der Waals surface area (Å²) in [6.45, 7) is 15.3. The molecular formula is C35H44N4O7S. The largest absolute Gasteiger partial charge is 0.464 e. The van der Waals surface area contributed by atoms with Crippen molar-refractivity contribution in [3.63, 3.8) is 0 Å². The van der Waals surface area contributed by atoms with Crippen molar-refractivity contribution in [3.8, 4) is 5.88 Å². The standard InChI is InChI=1S/C20H26N2O2.C15H18N2O5S/c1-14-8-7-9-15(2)17(14)13-22-18(19(23)24-6)12-16(21-22)10-11-20(3,4)5;1-10-6-5-7-11(2)12(10)9-17-13(15(18)21-3)8-14(16-17)22-23(4,19)20/h7-12H,13H2,1-6H3;5-8H,9H2,1-4H3/b11-10+;. The first-order valence-corrected chi connectivity index (χ1v) is 16.7. The number of aromatic nitrogens is 4. The summed E-state index contributed by atoms with van der Waals surface area (Å²) in [5.41, 5.74) is 8.04. The molecule has 0 aliphatic rings. The van der Waals surface area contributed by atoms with Crippen molar-refractivity contribution < 1.29 is 31.7 Å². The highest BCUT2D eigenvalue weighted by molar-refractivity contribution is 7.86. The third-order valence-corrected chi connectivity index (χ3v) is 7.71. The molecule has 0 aliphatic carbocycles. The Morgan fingerprint density at radius 2 is 1.19 bits per heavy atom. The van der Waals surface area contributed by atoms with Crippen molar-refractivity contribution in [1.29, 1.82) is 0 Å². The first kappa shape index (κ1) is 36.8. The predicted octanol–water partition coefficient (Wildman–Crippen LogP) is 6.07. The molecule has 0 amide bonds. The molecular weight excluding hydrogens is 620 g/mol. The molecule has 2 aromatic carbocycles. The molecule has 0 spiro atoms. The van der Waals surface area contributed by atoms with Crippen LogP contribution < -0.4 is 4.18 Å². The van der Waals surface area contributed by atoms with Crippen molar-refractivity contribution in [2.75, 3.05) is 20.5 Å². The van der Waals surface area contributed by atoms with Crippen LogP contribution in [0.25, 0.3) is 6.08 Å². The predicted molar refractivity (Wildman–Crippen MR) is 181 cm³/mol. The molecule has 0 unspecified atom stereocenters. The number of aryl methyl sites for hydroxylation is 4. The van der Waals surface area contributed by atoms with E-state index in [0.29, 0.717) is 18.8 Å². The number of nitrogens with zero attached hydrogens (tertiary/aromatic N) is 4. The van der Waals surface area contributed by atoms with Crippen LogP contribution in [0, 0.1) is 33.1 Å². The van der Waals surface area contributed by atoms with Crippen LogP contribution in [0.15, 0.2) is 54.6 Å². The number of rotatable bonds is 9. The summed E-state index contributed by atoms with van der Waals surface area (Å²) in [7, 11) is -1.09. The van der Waals surface area contributed by atoms with Gasteiger partial charge in [-0.15, -0.1) is 5.10 Å². The lowest BCUT2D eigenvalue weighted by Crippen LogP contribution is -2.14. The van der Waals surface area contributed by atoms with Gasteiger partial charge in [0.25, 0.3) is 5.88 Å². The highest BCUT2D eigenvalue weighted by Crippen LogP contribution is 2.21. The number of hydrogen-bond donors (Lipinski definition) is 0. The van der Waals surface area contributed by atoms with Crippen molar-refractivity contribution in [1.82, 2.24) is 19.6 Å². The number of allylic oxidation sites excluding steroid dienone is 1. The minimum absolute atomic E-state index is 0.0574.